The van der Waals surface area contributed by atoms with Crippen molar-refractivity contribution in [3.8, 4) is 0 Å². The van der Waals surface area contributed by atoms with Gasteiger partial charge in [0.05, 0.1) is 11.9 Å². The minimum absolute atomic E-state index is 0. The number of benzene rings is 1. The van der Waals surface area contributed by atoms with Crippen LogP contribution in [0.2, 0.25) is 0 Å². The predicted molar refractivity (Wildman–Crippen MR) is 55.7 cm³/mol. The molecule has 1 rings (SSSR count). The molecule has 4 nitrogen and oxygen atoms in total. The zero-order valence-electron chi connectivity index (χ0n) is 10.5. The third kappa shape index (κ3) is 15.6. The van der Waals surface area contributed by atoms with E-state index < -0.39 is 11.9 Å². The molecule has 0 atom stereocenters. The summed E-state index contributed by atoms with van der Waals surface area (Å²) in [5.74, 6) is -3.09. The van der Waals surface area contributed by atoms with Gasteiger partial charge in [-0.3, -0.25) is 0 Å². The van der Waals surface area contributed by atoms with E-state index in [0.29, 0.717) is 12.2 Å². The molecule has 0 radical (unpaired) electrons. The molecule has 0 bridgehead atoms. The average molecular weight is 264 g/mol. The van der Waals surface area contributed by atoms with Gasteiger partial charge in [0.25, 0.3) is 0 Å². The van der Waals surface area contributed by atoms with Crippen molar-refractivity contribution < 1.29 is 78.9 Å². The molecule has 0 aliphatic heterocycles. The molecule has 1 aromatic rings. The number of carbonyl (C=O) groups is 2. The molecule has 0 unspecified atom stereocenters. The van der Waals surface area contributed by atoms with E-state index in [0.717, 1.165) is 0 Å². The Morgan fingerprint density at radius 2 is 1.33 bits per heavy atom. The number of rotatable bonds is 3. The molecule has 0 saturated carbocycles. The first kappa shape index (κ1) is 22.8. The summed E-state index contributed by atoms with van der Waals surface area (Å²) in [6.45, 7) is 3.63. The van der Waals surface area contributed by atoms with Crippen molar-refractivity contribution in [2.45, 2.75) is 0 Å². The summed E-state index contributed by atoms with van der Waals surface area (Å²) in [7, 11) is 0. The van der Waals surface area contributed by atoms with Gasteiger partial charge in [-0.15, -0.1) is 0 Å². The molecule has 0 saturated heterocycles. The van der Waals surface area contributed by atoms with E-state index in [-0.39, 0.29) is 59.1 Å². The zero-order chi connectivity index (χ0) is 12.4. The quantitative estimate of drug-likeness (QED) is 0.401. The molecule has 0 aliphatic rings. The molecule has 0 heterocycles. The first-order chi connectivity index (χ1) is 7.56. The number of aliphatic carboxylic acids is 2. The molecule has 1 aromatic carbocycles. The minimum atomic E-state index is -1.55. The third-order valence-electron chi connectivity index (χ3n) is 1.39. The van der Waals surface area contributed by atoms with Gasteiger partial charge in [0.15, 0.2) is 0 Å². The summed E-state index contributed by atoms with van der Waals surface area (Å²) in [4.78, 5) is 18.8. The van der Waals surface area contributed by atoms with Crippen molar-refractivity contribution in [2.24, 2.45) is 0 Å². The maximum atomic E-state index is 9.41. The molecule has 0 fully saturated rings. The fraction of sp³-hybridized carbons (Fsp3) is 0. The van der Waals surface area contributed by atoms with E-state index in [9.17, 15) is 19.8 Å². The van der Waals surface area contributed by atoms with Crippen LogP contribution < -0.4 is 69.3 Å². The Morgan fingerprint density at radius 3 is 1.56 bits per heavy atom. The Labute approximate surface area is 150 Å². The summed E-state index contributed by atoms with van der Waals surface area (Å²) in [5.41, 5.74) is 1.17. The van der Waals surface area contributed by atoms with Crippen molar-refractivity contribution in [3.63, 3.8) is 0 Å². The fourth-order valence-corrected chi connectivity index (χ4v) is 0.725. The molecular formula is C12H10Na2O4. The number of hydrogen-bond acceptors (Lipinski definition) is 4. The second-order valence-corrected chi connectivity index (χ2v) is 2.59. The van der Waals surface area contributed by atoms with Gasteiger partial charge < -0.3 is 19.8 Å². The summed E-state index contributed by atoms with van der Waals surface area (Å²) >= 11 is 0. The van der Waals surface area contributed by atoms with Crippen LogP contribution in [-0.2, 0) is 9.59 Å². The largest absolute Gasteiger partial charge is 1.00 e. The van der Waals surface area contributed by atoms with Crippen LogP contribution in [0.3, 0.4) is 0 Å². The summed E-state index contributed by atoms with van der Waals surface area (Å²) in [6, 6.07) is 10.0. The second kappa shape index (κ2) is 14.7. The van der Waals surface area contributed by atoms with E-state index >= 15 is 0 Å². The van der Waals surface area contributed by atoms with Crippen LogP contribution in [0.1, 0.15) is 5.56 Å². The number of carboxylic acids is 2. The Bertz CT molecular complexity index is 372. The maximum Gasteiger partial charge on any atom is 1.00 e. The summed E-state index contributed by atoms with van der Waals surface area (Å²) in [6.07, 6.45) is 2.60. The maximum absolute atomic E-state index is 9.41. The smallest absolute Gasteiger partial charge is 0.545 e. The summed E-state index contributed by atoms with van der Waals surface area (Å²) in [5, 5.41) is 18.8. The number of carbonyl (C=O) groups excluding carboxylic acids is 2. The van der Waals surface area contributed by atoms with Crippen molar-refractivity contribution in [3.05, 3.63) is 54.6 Å². The van der Waals surface area contributed by atoms with Crippen LogP contribution in [-0.4, -0.2) is 11.9 Å². The molecule has 0 aromatic heterocycles. The minimum Gasteiger partial charge on any atom is -0.545 e. The van der Waals surface area contributed by atoms with Crippen molar-refractivity contribution in [2.75, 3.05) is 0 Å². The molecule has 6 heteroatoms. The molecule has 0 N–H and O–H groups in total. The van der Waals surface area contributed by atoms with Crippen LogP contribution in [0.25, 0.3) is 6.08 Å². The van der Waals surface area contributed by atoms with Gasteiger partial charge in [-0.2, -0.15) is 0 Å². The van der Waals surface area contributed by atoms with Crippen LogP contribution >= 0.6 is 0 Å². The van der Waals surface area contributed by atoms with Gasteiger partial charge in [0, 0.05) is 0 Å². The van der Waals surface area contributed by atoms with Crippen LogP contribution in [0, 0.1) is 0 Å². The van der Waals surface area contributed by atoms with Crippen molar-refractivity contribution >= 4 is 18.0 Å². The first-order valence-electron chi connectivity index (χ1n) is 4.33. The van der Waals surface area contributed by atoms with Gasteiger partial charge in [-0.05, 0) is 17.7 Å². The van der Waals surface area contributed by atoms with Crippen LogP contribution in [0.15, 0.2) is 49.1 Å². The van der Waals surface area contributed by atoms with E-state index in [4.69, 9.17) is 0 Å². The van der Waals surface area contributed by atoms with Gasteiger partial charge >= 0.3 is 59.1 Å². The van der Waals surface area contributed by atoms with Gasteiger partial charge in [-0.1, -0.05) is 43.0 Å². The molecule has 0 aliphatic carbocycles. The third-order valence-corrected chi connectivity index (χ3v) is 1.39. The van der Waals surface area contributed by atoms with E-state index in [1.807, 2.05) is 36.4 Å². The second-order valence-electron chi connectivity index (χ2n) is 2.59. The monoisotopic (exact) mass is 264 g/mol. The summed E-state index contributed by atoms with van der Waals surface area (Å²) < 4.78 is 0. The topological polar surface area (TPSA) is 80.3 Å². The molecule has 18 heavy (non-hydrogen) atoms. The Balaban J connectivity index is -0.000000225. The Hall–Kier alpha value is -0.360. The van der Waals surface area contributed by atoms with Gasteiger partial charge in [0.2, 0.25) is 0 Å². The zero-order valence-corrected chi connectivity index (χ0v) is 14.5. The molecular weight excluding hydrogens is 254 g/mol. The predicted octanol–water partition coefficient (Wildman–Crippen LogP) is -6.62. The standard InChI is InChI=1S/C8H8.C4H4O4.2Na/c1-2-8-6-4-3-5-7-8;5-3(6)1-2-4(7)8;;/h2-7H,1H2;1-2H,(H,5,6)(H,7,8);;/q;;2*+1/p-2. The van der Waals surface area contributed by atoms with E-state index in [2.05, 4.69) is 6.58 Å². The first-order valence-corrected chi connectivity index (χ1v) is 4.33. The van der Waals surface area contributed by atoms with Crippen molar-refractivity contribution in [1.29, 1.82) is 0 Å². The molecule has 84 valence electrons. The number of carboxylic acid groups (broad SMARTS) is 2. The van der Waals surface area contributed by atoms with Crippen LogP contribution in [0.5, 0.6) is 0 Å². The number of hydrogen-bond donors (Lipinski definition) is 0. The molecule has 0 spiro atoms. The SMILES string of the molecule is C=Cc1ccccc1.O=C([O-])C=CC(=O)[O-].[Na+].[Na+]. The normalized spacial score (nSPS) is 8.00. The Kier molecular flexibility index (Phi) is 18.6. The average Bonchev–Trinajstić information content (AvgIpc) is 2.28. The van der Waals surface area contributed by atoms with Gasteiger partial charge in [-0.25, -0.2) is 0 Å². The molecule has 0 amide bonds. The Morgan fingerprint density at radius 1 is 0.944 bits per heavy atom. The fourth-order valence-electron chi connectivity index (χ4n) is 0.725. The van der Waals surface area contributed by atoms with E-state index in [1.54, 1.807) is 0 Å². The van der Waals surface area contributed by atoms with E-state index in [1.165, 1.54) is 5.56 Å². The van der Waals surface area contributed by atoms with Gasteiger partial charge in [0.1, 0.15) is 0 Å². The van der Waals surface area contributed by atoms with Crippen molar-refractivity contribution in [1.82, 2.24) is 0 Å². The van der Waals surface area contributed by atoms with Crippen LogP contribution in [0.4, 0.5) is 0 Å².